The summed E-state index contributed by atoms with van der Waals surface area (Å²) in [7, 11) is 0. The van der Waals surface area contributed by atoms with Crippen LogP contribution in [-0.4, -0.2) is 35.9 Å². The molecule has 0 saturated carbocycles. The van der Waals surface area contributed by atoms with Crippen molar-refractivity contribution in [1.82, 2.24) is 0 Å². The number of benzene rings is 2. The summed E-state index contributed by atoms with van der Waals surface area (Å²) in [4.78, 5) is 46.8. The number of amides is 2. The largest absolute Gasteiger partial charge is 0.452 e. The van der Waals surface area contributed by atoms with Crippen molar-refractivity contribution >= 4 is 40.8 Å². The van der Waals surface area contributed by atoms with E-state index in [4.69, 9.17) is 22.1 Å². The number of nitrogens with zero attached hydrogens (tertiary/aromatic N) is 2. The van der Waals surface area contributed by atoms with Gasteiger partial charge in [-0.1, -0.05) is 11.6 Å². The van der Waals surface area contributed by atoms with Gasteiger partial charge in [-0.3, -0.25) is 19.7 Å². The van der Waals surface area contributed by atoms with E-state index in [1.165, 1.54) is 12.1 Å². The highest BCUT2D eigenvalue weighted by Gasteiger charge is 2.21. The van der Waals surface area contributed by atoms with Crippen LogP contribution >= 0.6 is 11.6 Å². The summed E-state index contributed by atoms with van der Waals surface area (Å²) in [6.07, 6.45) is -0.161. The van der Waals surface area contributed by atoms with Crippen LogP contribution < -0.4 is 10.6 Å². The minimum absolute atomic E-state index is 0.102. The normalized spacial score (nSPS) is 10.3. The first kappa shape index (κ1) is 21.8. The van der Waals surface area contributed by atoms with E-state index in [-0.39, 0.29) is 34.9 Å². The molecule has 0 radical (unpaired) electrons. The van der Waals surface area contributed by atoms with Gasteiger partial charge in [-0.2, -0.15) is 0 Å². The van der Waals surface area contributed by atoms with Crippen LogP contribution in [0.3, 0.4) is 0 Å². The van der Waals surface area contributed by atoms with Crippen molar-refractivity contribution < 1.29 is 28.4 Å². The van der Waals surface area contributed by atoms with Crippen LogP contribution in [-0.2, 0) is 14.3 Å². The molecule has 0 unspecified atom stereocenters. The summed E-state index contributed by atoms with van der Waals surface area (Å²) >= 11 is 5.85. The maximum Gasteiger partial charge on any atom is 0.340 e. The molecule has 0 aromatic heterocycles. The van der Waals surface area contributed by atoms with Crippen LogP contribution in [0, 0.1) is 15.9 Å². The molecule has 2 aromatic carbocycles. The standard InChI is InChI=1S/C18H15ClFN3O6/c19-15-9-13(23(27)28)5-6-14(15)18(26)29-10-17(25)22(8-7-16(21)24)12-3-1-11(20)2-4-12/h1-6,9H,7-8,10H2,(H2,21,24). The second-order valence-electron chi connectivity index (χ2n) is 5.74. The average molecular weight is 424 g/mol. The van der Waals surface area contributed by atoms with Crippen molar-refractivity contribution in [2.75, 3.05) is 18.1 Å². The number of carbonyl (C=O) groups is 3. The number of carbonyl (C=O) groups excluding carboxylic acids is 3. The number of anilines is 1. The molecule has 2 aromatic rings. The molecule has 0 fully saturated rings. The summed E-state index contributed by atoms with van der Waals surface area (Å²) in [5, 5.41) is 10.5. The molecule has 0 atom stereocenters. The lowest BCUT2D eigenvalue weighted by atomic mass is 10.2. The van der Waals surface area contributed by atoms with Crippen molar-refractivity contribution in [3.8, 4) is 0 Å². The number of ether oxygens (including phenoxy) is 1. The van der Waals surface area contributed by atoms with Crippen molar-refractivity contribution in [3.63, 3.8) is 0 Å². The molecule has 2 rings (SSSR count). The van der Waals surface area contributed by atoms with E-state index >= 15 is 0 Å². The Kier molecular flexibility index (Phi) is 7.21. The molecule has 11 heteroatoms. The number of esters is 1. The van der Waals surface area contributed by atoms with Crippen LogP contribution in [0.4, 0.5) is 15.8 Å². The van der Waals surface area contributed by atoms with Crippen LogP contribution in [0.1, 0.15) is 16.8 Å². The van der Waals surface area contributed by atoms with Gasteiger partial charge >= 0.3 is 5.97 Å². The number of hydrogen-bond acceptors (Lipinski definition) is 6. The topological polar surface area (TPSA) is 133 Å². The van der Waals surface area contributed by atoms with E-state index in [0.717, 1.165) is 35.2 Å². The molecule has 152 valence electrons. The van der Waals surface area contributed by atoms with Gasteiger partial charge in [-0.15, -0.1) is 0 Å². The van der Waals surface area contributed by atoms with Gasteiger partial charge in [-0.05, 0) is 30.3 Å². The van der Waals surface area contributed by atoms with Gasteiger partial charge in [0.1, 0.15) is 5.82 Å². The van der Waals surface area contributed by atoms with E-state index in [0.29, 0.717) is 0 Å². The van der Waals surface area contributed by atoms with Gasteiger partial charge < -0.3 is 15.4 Å². The SMILES string of the molecule is NC(=O)CCN(C(=O)COC(=O)c1ccc([N+](=O)[O-])cc1Cl)c1ccc(F)cc1. The van der Waals surface area contributed by atoms with Gasteiger partial charge in [-0.25, -0.2) is 9.18 Å². The Morgan fingerprint density at radius 3 is 2.38 bits per heavy atom. The smallest absolute Gasteiger partial charge is 0.340 e. The molecular formula is C18H15ClFN3O6. The molecule has 0 aliphatic rings. The number of rotatable bonds is 8. The maximum absolute atomic E-state index is 13.1. The highest BCUT2D eigenvalue weighted by Crippen LogP contribution is 2.23. The summed E-state index contributed by atoms with van der Waals surface area (Å²) in [6, 6.07) is 8.06. The molecule has 0 heterocycles. The summed E-state index contributed by atoms with van der Waals surface area (Å²) < 4.78 is 18.1. The molecule has 0 bridgehead atoms. The zero-order chi connectivity index (χ0) is 21.6. The van der Waals surface area contributed by atoms with Gasteiger partial charge in [0.25, 0.3) is 11.6 Å². The van der Waals surface area contributed by atoms with E-state index in [2.05, 4.69) is 0 Å². The molecule has 2 N–H and O–H groups in total. The highest BCUT2D eigenvalue weighted by molar-refractivity contribution is 6.33. The van der Waals surface area contributed by atoms with Crippen molar-refractivity contribution in [1.29, 1.82) is 0 Å². The van der Waals surface area contributed by atoms with Gasteiger partial charge in [0.15, 0.2) is 6.61 Å². The lowest BCUT2D eigenvalue weighted by Crippen LogP contribution is -2.37. The fraction of sp³-hybridized carbons (Fsp3) is 0.167. The Balaban J connectivity index is 2.10. The number of nitro groups is 1. The Labute approximate surface area is 168 Å². The first-order valence-electron chi connectivity index (χ1n) is 8.14. The Morgan fingerprint density at radius 2 is 1.83 bits per heavy atom. The highest BCUT2D eigenvalue weighted by atomic mass is 35.5. The fourth-order valence-corrected chi connectivity index (χ4v) is 2.56. The second-order valence-corrected chi connectivity index (χ2v) is 6.14. The molecule has 2 amide bonds. The zero-order valence-electron chi connectivity index (χ0n) is 14.8. The predicted molar refractivity (Wildman–Crippen MR) is 101 cm³/mol. The Hall–Kier alpha value is -3.53. The van der Waals surface area contributed by atoms with Crippen molar-refractivity contribution in [2.24, 2.45) is 5.73 Å². The number of primary amides is 1. The summed E-state index contributed by atoms with van der Waals surface area (Å²) in [5.41, 5.74) is 4.92. The monoisotopic (exact) mass is 423 g/mol. The quantitative estimate of drug-likeness (QED) is 0.394. The molecule has 0 aliphatic heterocycles. The molecule has 0 aliphatic carbocycles. The Bertz CT molecular complexity index is 951. The minimum Gasteiger partial charge on any atom is -0.452 e. The number of hydrogen-bond donors (Lipinski definition) is 1. The third kappa shape index (κ3) is 5.98. The van der Waals surface area contributed by atoms with Crippen molar-refractivity contribution in [2.45, 2.75) is 6.42 Å². The van der Waals surface area contributed by atoms with Gasteiger partial charge in [0, 0.05) is 30.8 Å². The van der Waals surface area contributed by atoms with E-state index in [9.17, 15) is 28.9 Å². The zero-order valence-corrected chi connectivity index (χ0v) is 15.6. The second kappa shape index (κ2) is 9.60. The predicted octanol–water partition coefficient (Wildman–Crippen LogP) is 2.45. The average Bonchev–Trinajstić information content (AvgIpc) is 2.67. The summed E-state index contributed by atoms with van der Waals surface area (Å²) in [5.74, 6) is -2.83. The molecule has 29 heavy (non-hydrogen) atoms. The molecule has 0 spiro atoms. The molecule has 9 nitrogen and oxygen atoms in total. The van der Waals surface area contributed by atoms with Gasteiger partial charge in [0.05, 0.1) is 15.5 Å². The third-order valence-electron chi connectivity index (χ3n) is 3.73. The first-order valence-corrected chi connectivity index (χ1v) is 8.52. The summed E-state index contributed by atoms with van der Waals surface area (Å²) in [6.45, 7) is -0.808. The van der Waals surface area contributed by atoms with Crippen LogP contribution in [0.5, 0.6) is 0 Å². The lowest BCUT2D eigenvalue weighted by molar-refractivity contribution is -0.384. The minimum atomic E-state index is -0.966. The number of non-ortho nitro benzene ring substituents is 1. The number of nitro benzene ring substituents is 1. The van der Waals surface area contributed by atoms with Gasteiger partial charge in [0.2, 0.25) is 5.91 Å². The molecular weight excluding hydrogens is 409 g/mol. The van der Waals surface area contributed by atoms with Crippen LogP contribution in [0.15, 0.2) is 42.5 Å². The number of nitrogens with two attached hydrogens (primary N) is 1. The maximum atomic E-state index is 13.1. The van der Waals surface area contributed by atoms with Crippen LogP contribution in [0.25, 0.3) is 0 Å². The van der Waals surface area contributed by atoms with E-state index < -0.39 is 35.1 Å². The van der Waals surface area contributed by atoms with E-state index in [1.807, 2.05) is 0 Å². The number of halogens is 2. The fourth-order valence-electron chi connectivity index (χ4n) is 2.31. The lowest BCUT2D eigenvalue weighted by Gasteiger charge is -2.22. The van der Waals surface area contributed by atoms with Crippen molar-refractivity contribution in [3.05, 3.63) is 69.0 Å². The van der Waals surface area contributed by atoms with Crippen LogP contribution in [0.2, 0.25) is 5.02 Å². The molecule has 0 saturated heterocycles. The Morgan fingerprint density at radius 1 is 1.17 bits per heavy atom. The van der Waals surface area contributed by atoms with E-state index in [1.54, 1.807) is 0 Å². The first-order chi connectivity index (χ1) is 13.7. The third-order valence-corrected chi connectivity index (χ3v) is 4.04.